The molecule has 0 radical (unpaired) electrons. The normalized spacial score (nSPS) is 20.3. The van der Waals surface area contributed by atoms with Crippen LogP contribution in [0.3, 0.4) is 0 Å². The van der Waals surface area contributed by atoms with E-state index < -0.39 is 60.4 Å². The summed E-state index contributed by atoms with van der Waals surface area (Å²) in [7, 11) is 0. The topological polar surface area (TPSA) is 163 Å². The number of ether oxygens (including phenoxy) is 4. The summed E-state index contributed by atoms with van der Waals surface area (Å²) < 4.78 is 18.1. The van der Waals surface area contributed by atoms with Crippen LogP contribution in [0.5, 0.6) is 0 Å². The van der Waals surface area contributed by atoms with Gasteiger partial charge in [-0.2, -0.15) is 0 Å². The minimum absolute atomic E-state index is 0. The fourth-order valence-electron chi connectivity index (χ4n) is 1.28. The van der Waals surface area contributed by atoms with Crippen molar-refractivity contribution in [2.45, 2.75) is 65.1 Å². The van der Waals surface area contributed by atoms with Crippen LogP contribution in [0.15, 0.2) is 0 Å². The quantitative estimate of drug-likeness (QED) is 0.238. The molecule has 5 unspecified atom stereocenters. The molecule has 0 amide bonds. The van der Waals surface area contributed by atoms with Crippen molar-refractivity contribution in [3.63, 3.8) is 0 Å². The van der Waals surface area contributed by atoms with Gasteiger partial charge in [-0.1, -0.05) is 0 Å². The van der Waals surface area contributed by atoms with Crippen LogP contribution < -0.4 is 0 Å². The van der Waals surface area contributed by atoms with Gasteiger partial charge >= 0.3 is 29.8 Å². The Kier molecular flexibility index (Phi) is 19.7. The maximum absolute atomic E-state index is 11.2. The van der Waals surface area contributed by atoms with Crippen molar-refractivity contribution in [2.24, 2.45) is 0 Å². The van der Waals surface area contributed by atoms with Gasteiger partial charge in [-0.05, 0) is 34.6 Å². The lowest BCUT2D eigenvalue weighted by Gasteiger charge is -2.22. The average Bonchev–Trinajstić information content (AvgIpc) is 2.61. The monoisotopic (exact) mass is 760 g/mol. The molecule has 1 aliphatic heterocycles. The number of hydrogen-bond donors (Lipinski definition) is 2. The average molecular weight is 760 g/mol. The Bertz CT molecular complexity index is 548. The van der Waals surface area contributed by atoms with Gasteiger partial charge in [0.2, 0.25) is 0 Å². The number of aliphatic carboxylic acids is 1. The fourth-order valence-corrected chi connectivity index (χ4v) is 1.28. The number of cyclic esters (lactones) is 2. The molecule has 1 fully saturated rings. The van der Waals surface area contributed by atoms with E-state index in [9.17, 15) is 24.0 Å². The van der Waals surface area contributed by atoms with Crippen molar-refractivity contribution in [2.75, 3.05) is 0 Å². The third-order valence-electron chi connectivity index (χ3n) is 2.86. The van der Waals surface area contributed by atoms with Crippen molar-refractivity contribution in [1.29, 1.82) is 0 Å². The number of esters is 4. The Morgan fingerprint density at radius 2 is 1.24 bits per heavy atom. The Morgan fingerprint density at radius 1 is 0.897 bits per heavy atom. The smallest absolute Gasteiger partial charge is 0.347 e. The van der Waals surface area contributed by atoms with Crippen LogP contribution in [0.4, 0.5) is 0 Å². The first-order valence-corrected chi connectivity index (χ1v) is 14.0. The summed E-state index contributed by atoms with van der Waals surface area (Å²) in [6.07, 6.45) is -5.43. The van der Waals surface area contributed by atoms with Crippen LogP contribution in [0.25, 0.3) is 0 Å². The van der Waals surface area contributed by atoms with Crippen LogP contribution in [0.2, 0.25) is 0 Å². The Balaban J connectivity index is -0.000000446. The molecule has 0 aromatic rings. The maximum Gasteiger partial charge on any atom is 0.347 e. The summed E-state index contributed by atoms with van der Waals surface area (Å²) in [5, 5.41) is 17.3. The molecule has 1 rings (SSSR count). The van der Waals surface area contributed by atoms with Gasteiger partial charge in [-0.15, -0.1) is 24.0 Å². The highest BCUT2D eigenvalue weighted by Crippen LogP contribution is 2.08. The lowest BCUT2D eigenvalue weighted by molar-refractivity contribution is -0.191. The van der Waals surface area contributed by atoms with Gasteiger partial charge in [0.1, 0.15) is 6.10 Å². The van der Waals surface area contributed by atoms with Crippen LogP contribution >= 0.6 is 61.2 Å². The molecule has 0 aromatic heterocycles. The van der Waals surface area contributed by atoms with Gasteiger partial charge in [0, 0.05) is 37.2 Å². The molecule has 0 spiro atoms. The van der Waals surface area contributed by atoms with Gasteiger partial charge in [-0.3, -0.25) is 0 Å². The van der Waals surface area contributed by atoms with Crippen molar-refractivity contribution in [3.8, 4) is 0 Å². The minimum atomic E-state index is -1.35. The number of carbonyl (C=O) groups is 5. The maximum atomic E-state index is 11.2. The number of aliphatic hydroxyl groups excluding tert-OH is 1. The molecule has 14 heteroatoms. The van der Waals surface area contributed by atoms with Gasteiger partial charge in [0.05, 0.1) is 0 Å². The number of rotatable bonds is 5. The molecule has 0 aromatic carbocycles. The van der Waals surface area contributed by atoms with Gasteiger partial charge in [0.25, 0.3) is 0 Å². The van der Waals surface area contributed by atoms with Gasteiger partial charge < -0.3 is 29.2 Å². The second-order valence-electron chi connectivity index (χ2n) is 5.33. The standard InChI is InChI=1S/C9H14O7.C6H8O4.I2.HI/c1-4(10)8(13)16-6(3)9(14)15-5(2)7(11)12;1-3-5(7)10-4(2)6(8)9-3;1-2;/h4-6,10H,1-3H3,(H,11,12);3-4H,1-2H3;;1H. The molecule has 29 heavy (non-hydrogen) atoms. The molecule has 1 saturated heterocycles. The molecule has 170 valence electrons. The van der Waals surface area contributed by atoms with E-state index in [1.54, 1.807) is 0 Å². The van der Waals surface area contributed by atoms with Crippen LogP contribution in [0, 0.1) is 0 Å². The van der Waals surface area contributed by atoms with Crippen LogP contribution in [0.1, 0.15) is 34.6 Å². The third kappa shape index (κ3) is 14.2. The van der Waals surface area contributed by atoms with Crippen molar-refractivity contribution >= 4 is 91.1 Å². The summed E-state index contributed by atoms with van der Waals surface area (Å²) >= 11 is 4.24. The summed E-state index contributed by atoms with van der Waals surface area (Å²) in [5.74, 6) is -4.22. The van der Waals surface area contributed by atoms with Crippen LogP contribution in [-0.4, -0.2) is 70.6 Å². The SMILES string of the molecule is CC(O)C(=O)OC(C)C(=O)OC(C)C(=O)O.CC1OC(=O)C(C)OC1=O.I.II. The molecule has 1 heterocycles. The van der Waals surface area contributed by atoms with E-state index in [0.717, 1.165) is 0 Å². The van der Waals surface area contributed by atoms with E-state index >= 15 is 0 Å². The number of aliphatic hydroxyl groups is 1. The summed E-state index contributed by atoms with van der Waals surface area (Å²) in [5.41, 5.74) is 0. The molecule has 11 nitrogen and oxygen atoms in total. The molecular formula is C15H23I3O11. The molecule has 0 aliphatic carbocycles. The first-order chi connectivity index (χ1) is 12.9. The first-order valence-electron chi connectivity index (χ1n) is 7.73. The molecule has 1 aliphatic rings. The number of carboxylic acids is 1. The van der Waals surface area contributed by atoms with E-state index in [1.165, 1.54) is 34.6 Å². The Hall–Kier alpha value is -0.500. The highest BCUT2D eigenvalue weighted by Gasteiger charge is 2.32. The van der Waals surface area contributed by atoms with E-state index in [2.05, 4.69) is 56.2 Å². The highest BCUT2D eigenvalue weighted by atomic mass is 128. The zero-order valence-electron chi connectivity index (χ0n) is 16.1. The number of halogens is 3. The highest BCUT2D eigenvalue weighted by molar-refractivity contribution is 15.0. The number of carbonyl (C=O) groups excluding carboxylic acids is 4. The summed E-state index contributed by atoms with van der Waals surface area (Å²) in [6, 6.07) is 0. The van der Waals surface area contributed by atoms with E-state index in [4.69, 9.17) is 10.2 Å². The fraction of sp³-hybridized carbons (Fsp3) is 0.667. The first kappa shape index (κ1) is 33.1. The molecular weight excluding hydrogens is 737 g/mol. The second kappa shape index (κ2) is 17.2. The predicted octanol–water partition coefficient (Wildman–Crippen LogP) is 1.57. The van der Waals surface area contributed by atoms with E-state index in [0.29, 0.717) is 0 Å². The minimum Gasteiger partial charge on any atom is -0.479 e. The molecule has 2 N–H and O–H groups in total. The second-order valence-corrected chi connectivity index (χ2v) is 5.33. The number of carboxylic acid groups (broad SMARTS) is 1. The van der Waals surface area contributed by atoms with Crippen molar-refractivity contribution in [1.82, 2.24) is 0 Å². The van der Waals surface area contributed by atoms with Crippen LogP contribution in [-0.2, 0) is 42.9 Å². The Labute approximate surface area is 207 Å². The van der Waals surface area contributed by atoms with Crippen molar-refractivity contribution < 1.29 is 53.1 Å². The lowest BCUT2D eigenvalue weighted by Crippen LogP contribution is -2.40. The summed E-state index contributed by atoms with van der Waals surface area (Å²) in [6.45, 7) is 6.53. The van der Waals surface area contributed by atoms with Gasteiger partial charge in [0.15, 0.2) is 24.4 Å². The largest absolute Gasteiger partial charge is 0.479 e. The molecule has 0 bridgehead atoms. The predicted molar refractivity (Wildman–Crippen MR) is 125 cm³/mol. The third-order valence-corrected chi connectivity index (χ3v) is 2.86. The van der Waals surface area contributed by atoms with Crippen molar-refractivity contribution in [3.05, 3.63) is 0 Å². The Morgan fingerprint density at radius 3 is 1.55 bits per heavy atom. The lowest BCUT2D eigenvalue weighted by atomic mass is 10.3. The number of hydrogen-bond acceptors (Lipinski definition) is 10. The van der Waals surface area contributed by atoms with E-state index in [-0.39, 0.29) is 24.0 Å². The molecule has 0 saturated carbocycles. The molecule has 5 atom stereocenters. The van der Waals surface area contributed by atoms with E-state index in [1.807, 2.05) is 0 Å². The zero-order valence-corrected chi connectivity index (χ0v) is 22.8. The zero-order chi connectivity index (χ0) is 22.6. The summed E-state index contributed by atoms with van der Waals surface area (Å²) in [4.78, 5) is 53.7. The van der Waals surface area contributed by atoms with Gasteiger partial charge in [-0.25, -0.2) is 24.0 Å².